The lowest BCUT2D eigenvalue weighted by Gasteiger charge is -1.79. The van der Waals surface area contributed by atoms with Crippen LogP contribution in [0.2, 0.25) is 0 Å². The van der Waals surface area contributed by atoms with Crippen molar-refractivity contribution in [2.45, 2.75) is 41.5 Å². The molecule has 0 nitrogen and oxygen atoms in total. The first kappa shape index (κ1) is 20.8. The van der Waals surface area contributed by atoms with Gasteiger partial charge in [0.2, 0.25) is 0 Å². The van der Waals surface area contributed by atoms with Gasteiger partial charge >= 0.3 is 0 Å². The van der Waals surface area contributed by atoms with Crippen molar-refractivity contribution in [3.8, 4) is 0 Å². The van der Waals surface area contributed by atoms with Crippen LogP contribution in [0.4, 0.5) is 0 Å². The van der Waals surface area contributed by atoms with Crippen molar-refractivity contribution < 1.29 is 0 Å². The molecule has 0 fully saturated rings. The summed E-state index contributed by atoms with van der Waals surface area (Å²) >= 11 is 0. The molecule has 0 aromatic heterocycles. The van der Waals surface area contributed by atoms with Crippen LogP contribution in [0.3, 0.4) is 0 Å². The van der Waals surface area contributed by atoms with E-state index in [2.05, 4.69) is 41.5 Å². The van der Waals surface area contributed by atoms with Gasteiger partial charge in [0, 0.05) is 0 Å². The number of benzene rings is 2. The van der Waals surface area contributed by atoms with E-state index in [4.69, 9.17) is 0 Å². The molecular formula is C20H32. The quantitative estimate of drug-likeness (QED) is 0.500. The normalized spacial score (nSPS) is 8.40. The summed E-state index contributed by atoms with van der Waals surface area (Å²) in [5.41, 5.74) is 0. The maximum Gasteiger partial charge on any atom is -0.0500 e. The molecule has 0 amide bonds. The van der Waals surface area contributed by atoms with E-state index in [1.54, 1.807) is 0 Å². The minimum atomic E-state index is 0.833. The Morgan fingerprint density at radius 1 is 0.300 bits per heavy atom. The van der Waals surface area contributed by atoms with E-state index in [9.17, 15) is 0 Å². The third kappa shape index (κ3) is 36.0. The van der Waals surface area contributed by atoms with Gasteiger partial charge in [-0.05, 0) is 11.8 Å². The third-order valence-electron chi connectivity index (χ3n) is 1.33. The Morgan fingerprint density at radius 2 is 0.350 bits per heavy atom. The van der Waals surface area contributed by atoms with Gasteiger partial charge in [0.1, 0.15) is 0 Å². The van der Waals surface area contributed by atoms with Gasteiger partial charge < -0.3 is 0 Å². The predicted octanol–water partition coefficient (Wildman–Crippen LogP) is 6.70. The highest BCUT2D eigenvalue weighted by molar-refractivity contribution is 4.99. The van der Waals surface area contributed by atoms with Crippen LogP contribution in [-0.2, 0) is 0 Å². The molecular weight excluding hydrogens is 240 g/mol. The number of rotatable bonds is 0. The second kappa shape index (κ2) is 17.4. The van der Waals surface area contributed by atoms with Gasteiger partial charge in [-0.1, -0.05) is 114 Å². The second-order valence-corrected chi connectivity index (χ2v) is 5.77. The zero-order valence-electron chi connectivity index (χ0n) is 14.1. The molecule has 20 heavy (non-hydrogen) atoms. The maximum atomic E-state index is 2.17. The molecule has 0 spiro atoms. The molecule has 112 valence electrons. The summed E-state index contributed by atoms with van der Waals surface area (Å²) in [6.45, 7) is 13.0. The molecule has 0 heterocycles. The average molecular weight is 272 g/mol. The maximum absolute atomic E-state index is 2.17. The third-order valence-corrected chi connectivity index (χ3v) is 1.33. The van der Waals surface area contributed by atoms with Crippen LogP contribution in [0.5, 0.6) is 0 Å². The predicted molar refractivity (Wildman–Crippen MR) is 93.9 cm³/mol. The lowest BCUT2D eigenvalue weighted by molar-refractivity contribution is 0.736. The number of hydrogen-bond acceptors (Lipinski definition) is 0. The monoisotopic (exact) mass is 272 g/mol. The lowest BCUT2D eigenvalue weighted by Crippen LogP contribution is -1.66. The van der Waals surface area contributed by atoms with E-state index in [1.165, 1.54) is 0 Å². The van der Waals surface area contributed by atoms with Crippen molar-refractivity contribution >= 4 is 0 Å². The van der Waals surface area contributed by atoms with Crippen molar-refractivity contribution in [3.05, 3.63) is 72.8 Å². The summed E-state index contributed by atoms with van der Waals surface area (Å²) in [4.78, 5) is 0. The van der Waals surface area contributed by atoms with Gasteiger partial charge in [-0.3, -0.25) is 0 Å². The van der Waals surface area contributed by atoms with Crippen LogP contribution in [0, 0.1) is 11.8 Å². The van der Waals surface area contributed by atoms with Gasteiger partial charge in [0.05, 0.1) is 0 Å². The highest BCUT2D eigenvalue weighted by Gasteiger charge is 1.68. The molecule has 0 atom stereocenters. The first-order chi connectivity index (χ1) is 9.46. The summed E-state index contributed by atoms with van der Waals surface area (Å²) in [5.74, 6) is 1.67. The Hall–Kier alpha value is -1.56. The average Bonchev–Trinajstić information content (AvgIpc) is 2.42. The van der Waals surface area contributed by atoms with Crippen LogP contribution in [0.15, 0.2) is 72.8 Å². The molecule has 2 aromatic rings. The first-order valence-electron chi connectivity index (χ1n) is 7.46. The van der Waals surface area contributed by atoms with Gasteiger partial charge in [-0.2, -0.15) is 0 Å². The molecule has 0 unspecified atom stereocenters. The molecule has 0 aliphatic heterocycles. The second-order valence-electron chi connectivity index (χ2n) is 5.77. The standard InChI is InChI=1S/2C6H6.2C4H10/c2*1-2-4-6-5-3-1;2*1-4(2)3/h2*1-6H;2*4H,1-3H3. The lowest BCUT2D eigenvalue weighted by atomic mass is 10.3. The van der Waals surface area contributed by atoms with Gasteiger partial charge in [-0.25, -0.2) is 0 Å². The fourth-order valence-corrected chi connectivity index (χ4v) is 0.770. The summed E-state index contributed by atoms with van der Waals surface area (Å²) in [6, 6.07) is 24.0. The zero-order chi connectivity index (χ0) is 15.6. The molecule has 0 heteroatoms. The molecule has 0 aliphatic carbocycles. The van der Waals surface area contributed by atoms with Crippen LogP contribution in [0.25, 0.3) is 0 Å². The van der Waals surface area contributed by atoms with Crippen molar-refractivity contribution in [2.24, 2.45) is 11.8 Å². The Labute approximate surface area is 126 Å². The van der Waals surface area contributed by atoms with E-state index in [0.29, 0.717) is 0 Å². The van der Waals surface area contributed by atoms with Crippen LogP contribution in [-0.4, -0.2) is 0 Å². The van der Waals surface area contributed by atoms with Crippen molar-refractivity contribution in [3.63, 3.8) is 0 Å². The van der Waals surface area contributed by atoms with Crippen LogP contribution in [0.1, 0.15) is 41.5 Å². The fraction of sp³-hybridized carbons (Fsp3) is 0.400. The van der Waals surface area contributed by atoms with Crippen LogP contribution >= 0.6 is 0 Å². The van der Waals surface area contributed by atoms with E-state index in [1.807, 2.05) is 72.8 Å². The molecule has 0 bridgehead atoms. The van der Waals surface area contributed by atoms with E-state index >= 15 is 0 Å². The van der Waals surface area contributed by atoms with Crippen LogP contribution < -0.4 is 0 Å². The molecule has 2 aromatic carbocycles. The first-order valence-corrected chi connectivity index (χ1v) is 7.46. The smallest absolute Gasteiger partial charge is 0.0500 e. The van der Waals surface area contributed by atoms with E-state index < -0.39 is 0 Å². The molecule has 0 aliphatic rings. The minimum absolute atomic E-state index is 0.833. The molecule has 0 saturated carbocycles. The summed E-state index contributed by atoms with van der Waals surface area (Å²) in [5, 5.41) is 0. The number of hydrogen-bond donors (Lipinski definition) is 0. The molecule has 0 saturated heterocycles. The molecule has 2 rings (SSSR count). The Bertz CT molecular complexity index is 239. The van der Waals surface area contributed by atoms with Crippen molar-refractivity contribution in [1.82, 2.24) is 0 Å². The Kier molecular flexibility index (Phi) is 18.1. The Morgan fingerprint density at radius 3 is 0.400 bits per heavy atom. The molecule has 0 N–H and O–H groups in total. The molecule has 0 radical (unpaired) electrons. The fourth-order valence-electron chi connectivity index (χ4n) is 0.770. The highest BCUT2D eigenvalue weighted by Crippen LogP contribution is 1.82. The Balaban J connectivity index is 0. The topological polar surface area (TPSA) is 0 Å². The SMILES string of the molecule is CC(C)C.CC(C)C.c1ccccc1.c1ccccc1. The largest absolute Gasteiger partial charge is 0.0630 e. The van der Waals surface area contributed by atoms with Gasteiger partial charge in [-0.15, -0.1) is 0 Å². The summed E-state index contributed by atoms with van der Waals surface area (Å²) in [6.07, 6.45) is 0. The van der Waals surface area contributed by atoms with Crippen molar-refractivity contribution in [2.75, 3.05) is 0 Å². The summed E-state index contributed by atoms with van der Waals surface area (Å²) in [7, 11) is 0. The van der Waals surface area contributed by atoms with Gasteiger partial charge in [0.15, 0.2) is 0 Å². The van der Waals surface area contributed by atoms with E-state index in [0.717, 1.165) is 11.8 Å². The zero-order valence-corrected chi connectivity index (χ0v) is 14.1. The van der Waals surface area contributed by atoms with Gasteiger partial charge in [0.25, 0.3) is 0 Å². The summed E-state index contributed by atoms with van der Waals surface area (Å²) < 4.78 is 0. The highest BCUT2D eigenvalue weighted by atomic mass is 13.7. The van der Waals surface area contributed by atoms with E-state index in [-0.39, 0.29) is 0 Å². The van der Waals surface area contributed by atoms with Crippen molar-refractivity contribution in [1.29, 1.82) is 0 Å². The minimum Gasteiger partial charge on any atom is -0.0630 e.